The molecular formula is C21H20ClN3O3. The maximum Gasteiger partial charge on any atom is 0.267 e. The molecule has 0 fully saturated rings. The van der Waals surface area contributed by atoms with Crippen LogP contribution in [0.1, 0.15) is 15.9 Å². The number of benzene rings is 2. The van der Waals surface area contributed by atoms with Crippen molar-refractivity contribution < 1.29 is 14.7 Å². The van der Waals surface area contributed by atoms with Crippen LogP contribution >= 0.6 is 11.6 Å². The Kier molecular flexibility index (Phi) is 6.13. The first kappa shape index (κ1) is 19.7. The van der Waals surface area contributed by atoms with Crippen molar-refractivity contribution in [3.8, 4) is 0 Å². The highest BCUT2D eigenvalue weighted by atomic mass is 35.5. The van der Waals surface area contributed by atoms with E-state index in [1.54, 1.807) is 30.3 Å². The highest BCUT2D eigenvalue weighted by molar-refractivity contribution is 6.34. The van der Waals surface area contributed by atoms with Crippen LogP contribution in [0.2, 0.25) is 5.02 Å². The van der Waals surface area contributed by atoms with E-state index >= 15 is 0 Å². The number of rotatable bonds is 6. The number of hydrogen-bond donors (Lipinski definition) is 3. The van der Waals surface area contributed by atoms with Gasteiger partial charge in [0.1, 0.15) is 5.70 Å². The maximum absolute atomic E-state index is 12.6. The number of nitrogens with zero attached hydrogens (tertiary/aromatic N) is 1. The Morgan fingerprint density at radius 3 is 2.61 bits per heavy atom. The Hall–Kier alpha value is -3.09. The highest BCUT2D eigenvalue weighted by Gasteiger charge is 2.17. The normalized spacial score (nSPS) is 11.5. The number of carbonyl (C=O) groups is 2. The van der Waals surface area contributed by atoms with Crippen molar-refractivity contribution in [1.29, 1.82) is 0 Å². The van der Waals surface area contributed by atoms with Crippen molar-refractivity contribution in [2.24, 2.45) is 7.05 Å². The quantitative estimate of drug-likeness (QED) is 0.559. The molecule has 7 heteroatoms. The number of para-hydroxylation sites is 1. The molecule has 0 aliphatic carbocycles. The van der Waals surface area contributed by atoms with Crippen molar-refractivity contribution in [2.45, 2.75) is 0 Å². The number of fused-ring (bicyclic) bond motifs is 1. The van der Waals surface area contributed by atoms with E-state index in [9.17, 15) is 9.59 Å². The first-order valence-corrected chi connectivity index (χ1v) is 9.09. The molecule has 3 rings (SSSR count). The highest BCUT2D eigenvalue weighted by Crippen LogP contribution is 2.22. The van der Waals surface area contributed by atoms with Gasteiger partial charge in [-0.2, -0.15) is 0 Å². The molecule has 0 aliphatic heterocycles. The van der Waals surface area contributed by atoms with Crippen LogP contribution in [0.25, 0.3) is 17.0 Å². The molecule has 28 heavy (non-hydrogen) atoms. The first-order chi connectivity index (χ1) is 13.5. The second-order valence-corrected chi connectivity index (χ2v) is 6.59. The van der Waals surface area contributed by atoms with E-state index < -0.39 is 11.8 Å². The first-order valence-electron chi connectivity index (χ1n) is 8.72. The second kappa shape index (κ2) is 8.73. The van der Waals surface area contributed by atoms with Crippen molar-refractivity contribution in [2.75, 3.05) is 13.2 Å². The predicted octanol–water partition coefficient (Wildman–Crippen LogP) is 2.71. The van der Waals surface area contributed by atoms with Gasteiger partial charge in [0.25, 0.3) is 11.8 Å². The van der Waals surface area contributed by atoms with Crippen molar-refractivity contribution >= 4 is 40.4 Å². The van der Waals surface area contributed by atoms with Crippen molar-refractivity contribution in [3.63, 3.8) is 0 Å². The number of nitrogens with one attached hydrogen (secondary N) is 2. The summed E-state index contributed by atoms with van der Waals surface area (Å²) in [4.78, 5) is 25.2. The minimum absolute atomic E-state index is 0.0646. The van der Waals surface area contributed by atoms with Gasteiger partial charge >= 0.3 is 0 Å². The molecule has 0 saturated carbocycles. The number of aliphatic hydroxyl groups is 1. The number of aryl methyl sites for hydroxylation is 1. The van der Waals surface area contributed by atoms with E-state index in [-0.39, 0.29) is 24.4 Å². The standard InChI is InChI=1S/C21H20ClN3O3/c1-25-13-14(15-6-3-5-9-19(15)25)12-18(21(28)23-10-11-26)24-20(27)16-7-2-4-8-17(16)22/h2-9,12-13,26H,10-11H2,1H3,(H,23,28)(H,24,27). The lowest BCUT2D eigenvalue weighted by molar-refractivity contribution is -0.117. The lowest BCUT2D eigenvalue weighted by Gasteiger charge is -2.11. The number of carbonyl (C=O) groups excluding carboxylic acids is 2. The van der Waals surface area contributed by atoms with Crippen LogP contribution in [0.5, 0.6) is 0 Å². The van der Waals surface area contributed by atoms with Crippen LogP contribution in [0.4, 0.5) is 0 Å². The van der Waals surface area contributed by atoms with Crippen molar-refractivity contribution in [3.05, 3.63) is 76.6 Å². The molecule has 3 N–H and O–H groups in total. The van der Waals surface area contributed by atoms with Crippen LogP contribution in [0, 0.1) is 0 Å². The minimum atomic E-state index is -0.498. The summed E-state index contributed by atoms with van der Waals surface area (Å²) < 4.78 is 1.94. The summed E-state index contributed by atoms with van der Waals surface area (Å²) in [5.74, 6) is -0.987. The van der Waals surface area contributed by atoms with Crippen LogP contribution in [-0.4, -0.2) is 34.6 Å². The summed E-state index contributed by atoms with van der Waals surface area (Å²) in [6, 6.07) is 14.4. The lowest BCUT2D eigenvalue weighted by atomic mass is 10.1. The largest absolute Gasteiger partial charge is 0.395 e. The Bertz CT molecular complexity index is 1060. The summed E-state index contributed by atoms with van der Waals surface area (Å²) in [6.45, 7) is -0.126. The van der Waals surface area contributed by atoms with Crippen LogP contribution in [-0.2, 0) is 11.8 Å². The topological polar surface area (TPSA) is 83.4 Å². The zero-order chi connectivity index (χ0) is 20.1. The minimum Gasteiger partial charge on any atom is -0.395 e. The van der Waals surface area contributed by atoms with Gasteiger partial charge in [0.05, 0.1) is 17.2 Å². The van der Waals surface area contributed by atoms with Gasteiger partial charge in [-0.15, -0.1) is 0 Å². The van der Waals surface area contributed by atoms with E-state index in [1.807, 2.05) is 42.1 Å². The van der Waals surface area contributed by atoms with Gasteiger partial charge in [-0.1, -0.05) is 41.9 Å². The molecule has 0 unspecified atom stereocenters. The fourth-order valence-electron chi connectivity index (χ4n) is 2.90. The van der Waals surface area contributed by atoms with E-state index in [0.717, 1.165) is 16.5 Å². The van der Waals surface area contributed by atoms with Gasteiger partial charge in [-0.25, -0.2) is 0 Å². The second-order valence-electron chi connectivity index (χ2n) is 6.18. The van der Waals surface area contributed by atoms with Crippen LogP contribution in [0.15, 0.2) is 60.4 Å². The summed E-state index contributed by atoms with van der Waals surface area (Å²) in [5.41, 5.74) is 2.12. The maximum atomic E-state index is 12.6. The Morgan fingerprint density at radius 2 is 1.86 bits per heavy atom. The van der Waals surface area contributed by atoms with Gasteiger partial charge in [0.2, 0.25) is 0 Å². The summed E-state index contributed by atoms with van der Waals surface area (Å²) in [6.07, 6.45) is 3.50. The monoisotopic (exact) mass is 397 g/mol. The molecule has 1 aromatic heterocycles. The molecule has 0 atom stereocenters. The Labute approximate surface area is 167 Å². The van der Waals surface area contributed by atoms with E-state index in [4.69, 9.17) is 16.7 Å². The number of amides is 2. The number of halogens is 1. The smallest absolute Gasteiger partial charge is 0.267 e. The summed E-state index contributed by atoms with van der Waals surface area (Å²) >= 11 is 6.09. The predicted molar refractivity (Wildman–Crippen MR) is 110 cm³/mol. The number of aliphatic hydroxyl groups excluding tert-OH is 1. The van der Waals surface area contributed by atoms with Gasteiger partial charge in [-0.3, -0.25) is 9.59 Å². The molecule has 144 valence electrons. The molecule has 0 saturated heterocycles. The van der Waals surface area contributed by atoms with E-state index in [1.165, 1.54) is 0 Å². The Morgan fingerprint density at radius 1 is 1.14 bits per heavy atom. The lowest BCUT2D eigenvalue weighted by Crippen LogP contribution is -2.36. The summed E-state index contributed by atoms with van der Waals surface area (Å²) in [5, 5.41) is 15.4. The molecule has 2 aromatic carbocycles. The fraction of sp³-hybridized carbons (Fsp3) is 0.143. The molecule has 3 aromatic rings. The zero-order valence-corrected chi connectivity index (χ0v) is 16.0. The molecule has 2 amide bonds. The number of aromatic nitrogens is 1. The third-order valence-electron chi connectivity index (χ3n) is 4.24. The van der Waals surface area contributed by atoms with Gasteiger partial charge in [-0.05, 0) is 24.3 Å². The molecule has 0 radical (unpaired) electrons. The molecule has 6 nitrogen and oxygen atoms in total. The van der Waals surface area contributed by atoms with Gasteiger partial charge in [0.15, 0.2) is 0 Å². The third kappa shape index (κ3) is 4.24. The molecule has 0 bridgehead atoms. The summed E-state index contributed by atoms with van der Waals surface area (Å²) in [7, 11) is 1.91. The van der Waals surface area contributed by atoms with Gasteiger partial charge in [0, 0.05) is 36.3 Å². The molecule has 0 spiro atoms. The Balaban J connectivity index is 1.99. The molecular weight excluding hydrogens is 378 g/mol. The molecule has 0 aliphatic rings. The van der Waals surface area contributed by atoms with E-state index in [2.05, 4.69) is 10.6 Å². The SMILES string of the molecule is Cn1cc(C=C(NC(=O)c2ccccc2Cl)C(=O)NCCO)c2ccccc21. The van der Waals surface area contributed by atoms with Crippen molar-refractivity contribution in [1.82, 2.24) is 15.2 Å². The zero-order valence-electron chi connectivity index (χ0n) is 15.3. The number of hydrogen-bond acceptors (Lipinski definition) is 3. The average Bonchev–Trinajstić information content (AvgIpc) is 3.01. The van der Waals surface area contributed by atoms with Crippen LogP contribution < -0.4 is 10.6 Å². The molecule has 1 heterocycles. The third-order valence-corrected chi connectivity index (χ3v) is 4.57. The van der Waals surface area contributed by atoms with Gasteiger partial charge < -0.3 is 20.3 Å². The van der Waals surface area contributed by atoms with Crippen LogP contribution in [0.3, 0.4) is 0 Å². The average molecular weight is 398 g/mol. The fourth-order valence-corrected chi connectivity index (χ4v) is 3.12. The van der Waals surface area contributed by atoms with E-state index in [0.29, 0.717) is 5.02 Å².